The first-order valence-electron chi connectivity index (χ1n) is 8.82. The summed E-state index contributed by atoms with van der Waals surface area (Å²) in [5.74, 6) is -0.750. The Labute approximate surface area is 169 Å². The van der Waals surface area contributed by atoms with Crippen molar-refractivity contribution in [1.29, 1.82) is 0 Å². The van der Waals surface area contributed by atoms with Gasteiger partial charge in [0.1, 0.15) is 16.9 Å². The standard InChI is InChI=1S/C21H18BrNO5/c1-2-3-10-23-19(24)17-11-14-6-9-16(12-18(14)28-21(17)26)27-20(25)13-4-7-15(22)8-5-13/h4-9,11-12H,2-3,10H2,1H3,(H,23,24). The van der Waals surface area contributed by atoms with Gasteiger partial charge in [0.05, 0.1) is 5.56 Å². The average Bonchev–Trinajstić information content (AvgIpc) is 2.68. The van der Waals surface area contributed by atoms with E-state index in [1.54, 1.807) is 36.4 Å². The number of amides is 1. The van der Waals surface area contributed by atoms with Crippen LogP contribution in [-0.2, 0) is 0 Å². The van der Waals surface area contributed by atoms with E-state index in [9.17, 15) is 14.4 Å². The summed E-state index contributed by atoms with van der Waals surface area (Å²) in [6.07, 6.45) is 1.77. The van der Waals surface area contributed by atoms with Crippen LogP contribution < -0.4 is 15.7 Å². The zero-order chi connectivity index (χ0) is 20.1. The molecule has 0 aliphatic carbocycles. The van der Waals surface area contributed by atoms with Crippen molar-refractivity contribution < 1.29 is 18.7 Å². The number of ether oxygens (including phenoxy) is 1. The van der Waals surface area contributed by atoms with Crippen LogP contribution in [0.5, 0.6) is 5.75 Å². The molecule has 0 aliphatic heterocycles. The van der Waals surface area contributed by atoms with Crippen molar-refractivity contribution >= 4 is 38.8 Å². The molecular weight excluding hydrogens is 426 g/mol. The number of hydrogen-bond donors (Lipinski definition) is 1. The fourth-order valence-corrected chi connectivity index (χ4v) is 2.80. The van der Waals surface area contributed by atoms with Gasteiger partial charge in [-0.15, -0.1) is 0 Å². The van der Waals surface area contributed by atoms with E-state index < -0.39 is 17.5 Å². The Hall–Kier alpha value is -2.93. The van der Waals surface area contributed by atoms with E-state index in [1.807, 2.05) is 6.92 Å². The second-order valence-corrected chi connectivity index (χ2v) is 7.07. The van der Waals surface area contributed by atoms with Gasteiger partial charge >= 0.3 is 11.6 Å². The van der Waals surface area contributed by atoms with Gasteiger partial charge in [-0.2, -0.15) is 0 Å². The van der Waals surface area contributed by atoms with E-state index in [0.717, 1.165) is 17.3 Å². The Bertz CT molecular complexity index is 1070. The highest BCUT2D eigenvalue weighted by Crippen LogP contribution is 2.22. The minimum atomic E-state index is -0.738. The number of carbonyl (C=O) groups is 2. The molecule has 144 valence electrons. The van der Waals surface area contributed by atoms with Crippen LogP contribution in [0.3, 0.4) is 0 Å². The number of halogens is 1. The van der Waals surface area contributed by atoms with E-state index in [0.29, 0.717) is 17.5 Å². The summed E-state index contributed by atoms with van der Waals surface area (Å²) >= 11 is 3.31. The van der Waals surface area contributed by atoms with Gasteiger partial charge in [-0.1, -0.05) is 29.3 Å². The molecule has 0 fully saturated rings. The highest BCUT2D eigenvalue weighted by molar-refractivity contribution is 9.10. The van der Waals surface area contributed by atoms with E-state index >= 15 is 0 Å². The quantitative estimate of drug-likeness (QED) is 0.265. The lowest BCUT2D eigenvalue weighted by Gasteiger charge is -2.07. The number of nitrogens with one attached hydrogen (secondary N) is 1. The molecule has 0 aliphatic rings. The number of carbonyl (C=O) groups excluding carboxylic acids is 2. The lowest BCUT2D eigenvalue weighted by Crippen LogP contribution is -2.28. The molecule has 0 unspecified atom stereocenters. The molecule has 1 N–H and O–H groups in total. The van der Waals surface area contributed by atoms with Gasteiger partial charge in [-0.05, 0) is 48.9 Å². The van der Waals surface area contributed by atoms with Crippen LogP contribution in [0.25, 0.3) is 11.0 Å². The predicted molar refractivity (Wildman–Crippen MR) is 109 cm³/mol. The number of rotatable bonds is 6. The van der Waals surface area contributed by atoms with Crippen molar-refractivity contribution in [2.75, 3.05) is 6.54 Å². The molecule has 0 bridgehead atoms. The van der Waals surface area contributed by atoms with Crippen LogP contribution in [0.1, 0.15) is 40.5 Å². The molecule has 0 saturated heterocycles. The Balaban J connectivity index is 1.81. The van der Waals surface area contributed by atoms with Crippen LogP contribution in [0.4, 0.5) is 0 Å². The summed E-state index contributed by atoms with van der Waals surface area (Å²) in [7, 11) is 0. The zero-order valence-corrected chi connectivity index (χ0v) is 16.7. The van der Waals surface area contributed by atoms with Crippen molar-refractivity contribution in [3.05, 3.63) is 74.6 Å². The summed E-state index contributed by atoms with van der Waals surface area (Å²) in [6, 6.07) is 12.9. The SMILES string of the molecule is CCCCNC(=O)c1cc2ccc(OC(=O)c3ccc(Br)cc3)cc2oc1=O. The van der Waals surface area contributed by atoms with Crippen LogP contribution in [0, 0.1) is 0 Å². The fraction of sp³-hybridized carbons (Fsp3) is 0.190. The number of unbranched alkanes of at least 4 members (excludes halogenated alkanes) is 1. The smallest absolute Gasteiger partial charge is 0.349 e. The summed E-state index contributed by atoms with van der Waals surface area (Å²) in [5, 5.41) is 3.25. The third-order valence-electron chi connectivity index (χ3n) is 4.06. The maximum absolute atomic E-state index is 12.2. The van der Waals surface area contributed by atoms with E-state index in [2.05, 4.69) is 21.2 Å². The molecule has 0 saturated carbocycles. The lowest BCUT2D eigenvalue weighted by atomic mass is 10.1. The largest absolute Gasteiger partial charge is 0.423 e. The lowest BCUT2D eigenvalue weighted by molar-refractivity contribution is 0.0734. The minimum Gasteiger partial charge on any atom is -0.423 e. The number of benzene rings is 2. The van der Waals surface area contributed by atoms with Crippen molar-refractivity contribution in [3.8, 4) is 5.75 Å². The van der Waals surface area contributed by atoms with Gasteiger partial charge in [0.15, 0.2) is 0 Å². The highest BCUT2D eigenvalue weighted by atomic mass is 79.9. The fourth-order valence-electron chi connectivity index (χ4n) is 2.54. The van der Waals surface area contributed by atoms with Crippen molar-refractivity contribution in [1.82, 2.24) is 5.32 Å². The Morgan fingerprint density at radius 2 is 1.86 bits per heavy atom. The van der Waals surface area contributed by atoms with Gasteiger partial charge in [-0.25, -0.2) is 9.59 Å². The van der Waals surface area contributed by atoms with E-state index in [4.69, 9.17) is 9.15 Å². The summed E-state index contributed by atoms with van der Waals surface area (Å²) in [6.45, 7) is 2.51. The molecule has 2 aromatic carbocycles. The maximum atomic E-state index is 12.2. The van der Waals surface area contributed by atoms with Gasteiger partial charge in [-0.3, -0.25) is 4.79 Å². The topological polar surface area (TPSA) is 85.6 Å². The van der Waals surface area contributed by atoms with Gasteiger partial charge in [0.25, 0.3) is 5.91 Å². The highest BCUT2D eigenvalue weighted by Gasteiger charge is 2.15. The van der Waals surface area contributed by atoms with E-state index in [1.165, 1.54) is 12.1 Å². The van der Waals surface area contributed by atoms with Crippen molar-refractivity contribution in [2.24, 2.45) is 0 Å². The Morgan fingerprint density at radius 3 is 2.57 bits per heavy atom. The molecule has 6 nitrogen and oxygen atoms in total. The normalized spacial score (nSPS) is 10.6. The first-order valence-corrected chi connectivity index (χ1v) is 9.61. The Morgan fingerprint density at radius 1 is 1.11 bits per heavy atom. The van der Waals surface area contributed by atoms with Crippen molar-refractivity contribution in [2.45, 2.75) is 19.8 Å². The first kappa shape index (κ1) is 19.8. The minimum absolute atomic E-state index is 0.0526. The average molecular weight is 444 g/mol. The third kappa shape index (κ3) is 4.67. The van der Waals surface area contributed by atoms with Gasteiger partial charge in [0.2, 0.25) is 0 Å². The maximum Gasteiger partial charge on any atom is 0.349 e. The van der Waals surface area contributed by atoms with Crippen LogP contribution in [-0.4, -0.2) is 18.4 Å². The summed E-state index contributed by atoms with van der Waals surface area (Å²) < 4.78 is 11.4. The molecular formula is C21H18BrNO5. The first-order chi connectivity index (χ1) is 13.5. The van der Waals surface area contributed by atoms with Crippen LogP contribution in [0.2, 0.25) is 0 Å². The molecule has 0 atom stereocenters. The molecule has 0 radical (unpaired) electrons. The third-order valence-corrected chi connectivity index (χ3v) is 4.59. The van der Waals surface area contributed by atoms with Gasteiger partial charge < -0.3 is 14.5 Å². The Kier molecular flexibility index (Phi) is 6.26. The molecule has 0 spiro atoms. The second-order valence-electron chi connectivity index (χ2n) is 6.15. The molecule has 28 heavy (non-hydrogen) atoms. The zero-order valence-electron chi connectivity index (χ0n) is 15.2. The van der Waals surface area contributed by atoms with E-state index in [-0.39, 0.29) is 16.9 Å². The molecule has 7 heteroatoms. The molecule has 1 heterocycles. The number of fused-ring (bicyclic) bond motifs is 1. The summed E-state index contributed by atoms with van der Waals surface area (Å²) in [4.78, 5) is 36.5. The van der Waals surface area contributed by atoms with Crippen LogP contribution in [0.15, 0.2) is 62.2 Å². The molecule has 3 aromatic rings. The molecule has 1 aromatic heterocycles. The predicted octanol–water partition coefficient (Wildman–Crippen LogP) is 4.30. The van der Waals surface area contributed by atoms with Crippen LogP contribution >= 0.6 is 15.9 Å². The van der Waals surface area contributed by atoms with Crippen molar-refractivity contribution in [3.63, 3.8) is 0 Å². The molecule has 3 rings (SSSR count). The number of esters is 1. The second kappa shape index (κ2) is 8.84. The summed E-state index contributed by atoms with van der Waals surface area (Å²) in [5.41, 5.74) is -0.166. The monoisotopic (exact) mass is 443 g/mol. The number of hydrogen-bond acceptors (Lipinski definition) is 5. The van der Waals surface area contributed by atoms with Gasteiger partial charge in [0, 0.05) is 22.5 Å². The molecule has 1 amide bonds.